The molecule has 0 bridgehead atoms. The molecule has 0 fully saturated rings. The molecule has 1 heterocycles. The zero-order valence-corrected chi connectivity index (χ0v) is 14.9. The number of nitrogens with one attached hydrogen (secondary N) is 1. The van der Waals surface area contributed by atoms with Crippen molar-refractivity contribution in [1.82, 2.24) is 9.55 Å². The van der Waals surface area contributed by atoms with Crippen LogP contribution in [-0.2, 0) is 11.3 Å². The van der Waals surface area contributed by atoms with Gasteiger partial charge in [-0.25, -0.2) is 4.98 Å². The van der Waals surface area contributed by atoms with Gasteiger partial charge < -0.3 is 5.32 Å². The molecule has 2 aromatic carbocycles. The molecule has 1 amide bonds. The van der Waals surface area contributed by atoms with Crippen LogP contribution in [0.1, 0.15) is 5.56 Å². The Balaban J connectivity index is 1.81. The largest absolute Gasteiger partial charge is 0.324 e. The van der Waals surface area contributed by atoms with Crippen LogP contribution in [0.2, 0.25) is 0 Å². The fourth-order valence-electron chi connectivity index (χ4n) is 2.60. The third kappa shape index (κ3) is 3.76. The molecule has 0 aliphatic rings. The molecule has 0 saturated heterocycles. The quantitative estimate of drug-likeness (QED) is 0.703. The minimum atomic E-state index is -0.328. The van der Waals surface area contributed by atoms with Crippen LogP contribution in [-0.4, -0.2) is 21.2 Å². The van der Waals surface area contributed by atoms with Crippen LogP contribution in [0.5, 0.6) is 0 Å². The first-order valence-corrected chi connectivity index (χ1v) is 8.92. The zero-order chi connectivity index (χ0) is 18.5. The van der Waals surface area contributed by atoms with Gasteiger partial charge in [0, 0.05) is 4.90 Å². The Morgan fingerprint density at radius 3 is 2.88 bits per heavy atom. The molecule has 0 aliphatic heterocycles. The number of rotatable bonds is 5. The number of hydrogen-bond donors (Lipinski definition) is 1. The van der Waals surface area contributed by atoms with Gasteiger partial charge >= 0.3 is 0 Å². The van der Waals surface area contributed by atoms with E-state index in [-0.39, 0.29) is 18.0 Å². The molecule has 0 saturated carbocycles. The smallest absolute Gasteiger partial charge is 0.261 e. The maximum absolute atomic E-state index is 12.6. The van der Waals surface area contributed by atoms with Gasteiger partial charge in [0.05, 0.1) is 34.7 Å². The van der Waals surface area contributed by atoms with E-state index in [0.717, 1.165) is 10.5 Å². The van der Waals surface area contributed by atoms with Crippen molar-refractivity contribution in [2.45, 2.75) is 18.4 Å². The minimum absolute atomic E-state index is 0.132. The van der Waals surface area contributed by atoms with Crippen LogP contribution in [0, 0.1) is 18.3 Å². The summed E-state index contributed by atoms with van der Waals surface area (Å²) in [5, 5.41) is 12.0. The number of carbonyl (C=O) groups is 1. The lowest BCUT2D eigenvalue weighted by Crippen LogP contribution is -2.28. The molecule has 26 heavy (non-hydrogen) atoms. The average Bonchev–Trinajstić information content (AvgIpc) is 2.64. The van der Waals surface area contributed by atoms with Gasteiger partial charge in [-0.15, -0.1) is 11.8 Å². The molecule has 0 atom stereocenters. The summed E-state index contributed by atoms with van der Waals surface area (Å²) >= 11 is 1.35. The summed E-state index contributed by atoms with van der Waals surface area (Å²) in [5.41, 5.74) is 1.93. The maximum Gasteiger partial charge on any atom is 0.261 e. The normalized spacial score (nSPS) is 10.5. The lowest BCUT2D eigenvalue weighted by molar-refractivity contribution is -0.116. The highest BCUT2D eigenvalue weighted by Crippen LogP contribution is 2.26. The summed E-state index contributed by atoms with van der Waals surface area (Å²) < 4.78 is 1.29. The van der Waals surface area contributed by atoms with Crippen molar-refractivity contribution in [3.8, 4) is 6.07 Å². The van der Waals surface area contributed by atoms with Crippen molar-refractivity contribution in [3.05, 3.63) is 64.7 Å². The number of aryl methyl sites for hydroxylation is 1. The number of fused-ring (bicyclic) bond motifs is 1. The third-order valence-corrected chi connectivity index (χ3v) is 4.76. The number of para-hydroxylation sites is 2. The molecule has 6 nitrogen and oxygen atoms in total. The molecule has 3 aromatic rings. The van der Waals surface area contributed by atoms with Gasteiger partial charge in [-0.2, -0.15) is 5.26 Å². The number of anilines is 1. The Morgan fingerprint density at radius 2 is 2.08 bits per heavy atom. The van der Waals surface area contributed by atoms with Gasteiger partial charge in [0.1, 0.15) is 6.54 Å². The van der Waals surface area contributed by atoms with E-state index in [0.29, 0.717) is 22.3 Å². The molecule has 7 heteroatoms. The topological polar surface area (TPSA) is 87.8 Å². The summed E-state index contributed by atoms with van der Waals surface area (Å²) in [7, 11) is 0. The summed E-state index contributed by atoms with van der Waals surface area (Å²) in [6.45, 7) is 1.76. The van der Waals surface area contributed by atoms with Crippen LogP contribution in [0.25, 0.3) is 10.9 Å². The van der Waals surface area contributed by atoms with E-state index in [2.05, 4.69) is 16.4 Å². The molecular formula is C19H16N4O2S. The number of hydrogen-bond acceptors (Lipinski definition) is 5. The summed E-state index contributed by atoms with van der Waals surface area (Å²) in [6.07, 6.45) is 1.40. The highest BCUT2D eigenvalue weighted by atomic mass is 32.2. The van der Waals surface area contributed by atoms with Gasteiger partial charge in [-0.05, 0) is 30.7 Å². The number of nitriles is 1. The van der Waals surface area contributed by atoms with Crippen molar-refractivity contribution < 1.29 is 4.79 Å². The van der Waals surface area contributed by atoms with Crippen molar-refractivity contribution in [3.63, 3.8) is 0 Å². The highest BCUT2D eigenvalue weighted by Gasteiger charge is 2.11. The second kappa shape index (κ2) is 7.85. The molecule has 1 N–H and O–H groups in total. The maximum atomic E-state index is 12.6. The monoisotopic (exact) mass is 364 g/mol. The van der Waals surface area contributed by atoms with Gasteiger partial charge in [0.2, 0.25) is 5.91 Å². The first-order valence-electron chi connectivity index (χ1n) is 7.93. The molecule has 0 unspecified atom stereocenters. The van der Waals surface area contributed by atoms with Gasteiger partial charge in [0.25, 0.3) is 5.56 Å². The van der Waals surface area contributed by atoms with Gasteiger partial charge in [-0.3, -0.25) is 14.2 Å². The predicted molar refractivity (Wildman–Crippen MR) is 102 cm³/mol. The van der Waals surface area contributed by atoms with Crippen LogP contribution >= 0.6 is 11.8 Å². The number of thioether (sulfide) groups is 1. The van der Waals surface area contributed by atoms with E-state index >= 15 is 0 Å². The molecule has 0 aliphatic carbocycles. The number of aromatic nitrogens is 2. The van der Waals surface area contributed by atoms with E-state index in [1.165, 1.54) is 22.7 Å². The van der Waals surface area contributed by atoms with E-state index in [9.17, 15) is 9.59 Å². The van der Waals surface area contributed by atoms with Gasteiger partial charge in [-0.1, -0.05) is 24.3 Å². The van der Waals surface area contributed by atoms with Crippen molar-refractivity contribution in [1.29, 1.82) is 5.26 Å². The fourth-order valence-corrected chi connectivity index (χ4v) is 3.27. The fraction of sp³-hybridized carbons (Fsp3) is 0.158. The minimum Gasteiger partial charge on any atom is -0.324 e. The first kappa shape index (κ1) is 17.7. The lowest BCUT2D eigenvalue weighted by atomic mass is 10.1. The van der Waals surface area contributed by atoms with Crippen LogP contribution in [0.3, 0.4) is 0 Å². The number of benzene rings is 2. The van der Waals surface area contributed by atoms with Crippen molar-refractivity contribution in [2.24, 2.45) is 0 Å². The second-order valence-electron chi connectivity index (χ2n) is 5.64. The van der Waals surface area contributed by atoms with E-state index in [1.807, 2.05) is 25.1 Å². The molecule has 0 radical (unpaired) electrons. The molecule has 3 rings (SSSR count). The summed E-state index contributed by atoms with van der Waals surface area (Å²) in [5.74, 6) is -0.0359. The van der Waals surface area contributed by atoms with Crippen LogP contribution in [0.15, 0.2) is 58.5 Å². The Labute approximate surface area is 154 Å². The number of amides is 1. The SMILES string of the molecule is Cc1cccc2c(=O)n(CC(=O)Nc3ccccc3SCC#N)cnc12. The van der Waals surface area contributed by atoms with E-state index in [4.69, 9.17) is 5.26 Å². The van der Waals surface area contributed by atoms with Crippen molar-refractivity contribution >= 4 is 34.3 Å². The molecule has 130 valence electrons. The lowest BCUT2D eigenvalue weighted by Gasteiger charge is -2.11. The average molecular weight is 364 g/mol. The second-order valence-corrected chi connectivity index (χ2v) is 6.66. The highest BCUT2D eigenvalue weighted by molar-refractivity contribution is 7.99. The Morgan fingerprint density at radius 1 is 1.27 bits per heavy atom. The number of nitrogens with zero attached hydrogens (tertiary/aromatic N) is 3. The van der Waals surface area contributed by atoms with Gasteiger partial charge in [0.15, 0.2) is 0 Å². The zero-order valence-electron chi connectivity index (χ0n) is 14.1. The Bertz CT molecular complexity index is 1070. The van der Waals surface area contributed by atoms with Crippen LogP contribution < -0.4 is 10.9 Å². The first-order chi connectivity index (χ1) is 12.6. The standard InChI is InChI=1S/C19H16N4O2S/c1-13-5-4-6-14-18(13)21-12-23(19(14)25)11-17(24)22-15-7-2-3-8-16(15)26-10-9-20/h2-8,12H,10-11H2,1H3,(H,22,24). The Hall–Kier alpha value is -3.11. The molecule has 1 aromatic heterocycles. The Kier molecular flexibility index (Phi) is 5.34. The third-order valence-electron chi connectivity index (χ3n) is 3.82. The van der Waals surface area contributed by atoms with Crippen LogP contribution in [0.4, 0.5) is 5.69 Å². The number of carbonyl (C=O) groups excluding carboxylic acids is 1. The van der Waals surface area contributed by atoms with Crippen molar-refractivity contribution in [2.75, 3.05) is 11.1 Å². The van der Waals surface area contributed by atoms with E-state index in [1.54, 1.807) is 24.3 Å². The summed E-state index contributed by atoms with van der Waals surface area (Å²) in [4.78, 5) is 30.1. The summed E-state index contributed by atoms with van der Waals surface area (Å²) in [6, 6.07) is 14.7. The predicted octanol–water partition coefficient (Wildman–Crippen LogP) is 2.96. The molecular weight excluding hydrogens is 348 g/mol. The van der Waals surface area contributed by atoms with E-state index < -0.39 is 0 Å². The molecule has 0 spiro atoms.